The summed E-state index contributed by atoms with van der Waals surface area (Å²) in [6, 6.07) is 0. The molecule has 0 aromatic carbocycles. The Balaban J connectivity index is 2.40. The van der Waals surface area contributed by atoms with Crippen molar-refractivity contribution in [3.63, 3.8) is 0 Å². The molecule has 1 aliphatic heterocycles. The molecule has 1 fully saturated rings. The van der Waals surface area contributed by atoms with Crippen molar-refractivity contribution in [3.05, 3.63) is 0 Å². The average Bonchev–Trinajstić information content (AvgIpc) is 2.39. The van der Waals surface area contributed by atoms with Crippen molar-refractivity contribution in [2.75, 3.05) is 19.6 Å². The molecule has 19 heavy (non-hydrogen) atoms. The fraction of sp³-hybridized carbons (Fsp3) is 0.857. The molecule has 0 radical (unpaired) electrons. The number of carboxylic acid groups (broad SMARTS) is 1. The highest BCUT2D eigenvalue weighted by Crippen LogP contribution is 2.31. The third-order valence-electron chi connectivity index (χ3n) is 4.19. The van der Waals surface area contributed by atoms with Gasteiger partial charge in [0.25, 0.3) is 0 Å². The van der Waals surface area contributed by atoms with Crippen molar-refractivity contribution >= 4 is 11.9 Å². The van der Waals surface area contributed by atoms with Gasteiger partial charge in [-0.2, -0.15) is 0 Å². The topological polar surface area (TPSA) is 78.4 Å². The number of rotatable bonds is 6. The minimum atomic E-state index is -0.815. The smallest absolute Gasteiger partial charge is 0.306 e. The number of amides is 1. The normalized spacial score (nSPS) is 21.7. The number of hydrogen-bond acceptors (Lipinski definition) is 3. The molecule has 0 spiro atoms. The molecule has 0 saturated carbocycles. The van der Waals surface area contributed by atoms with Crippen LogP contribution < -0.4 is 10.6 Å². The lowest BCUT2D eigenvalue weighted by molar-refractivity contribution is -0.141. The van der Waals surface area contributed by atoms with E-state index < -0.39 is 17.3 Å². The van der Waals surface area contributed by atoms with Crippen LogP contribution in [-0.4, -0.2) is 36.6 Å². The van der Waals surface area contributed by atoms with Crippen LogP contribution in [0.3, 0.4) is 0 Å². The van der Waals surface area contributed by atoms with Gasteiger partial charge in [-0.1, -0.05) is 20.8 Å². The summed E-state index contributed by atoms with van der Waals surface area (Å²) in [5.41, 5.74) is -0.403. The monoisotopic (exact) mass is 270 g/mol. The third kappa shape index (κ3) is 4.49. The number of aliphatic carboxylic acids is 1. The van der Waals surface area contributed by atoms with Crippen molar-refractivity contribution in [2.24, 2.45) is 17.3 Å². The molecule has 1 amide bonds. The molecule has 2 atom stereocenters. The van der Waals surface area contributed by atoms with E-state index in [1.54, 1.807) is 6.92 Å². The number of piperidine rings is 1. The lowest BCUT2D eigenvalue weighted by Gasteiger charge is -2.36. The largest absolute Gasteiger partial charge is 0.481 e. The third-order valence-corrected chi connectivity index (χ3v) is 4.19. The molecule has 1 saturated heterocycles. The summed E-state index contributed by atoms with van der Waals surface area (Å²) in [5, 5.41) is 15.0. The molecule has 1 aliphatic rings. The molecule has 0 bridgehead atoms. The van der Waals surface area contributed by atoms with E-state index in [-0.39, 0.29) is 5.91 Å². The maximum absolute atomic E-state index is 12.2. The fourth-order valence-electron chi connectivity index (χ4n) is 2.41. The van der Waals surface area contributed by atoms with Gasteiger partial charge in [-0.15, -0.1) is 0 Å². The number of carboxylic acids is 1. The van der Waals surface area contributed by atoms with E-state index in [4.69, 9.17) is 5.11 Å². The Hall–Kier alpha value is -1.10. The van der Waals surface area contributed by atoms with Crippen LogP contribution in [-0.2, 0) is 9.59 Å². The molecule has 0 aromatic heterocycles. The van der Waals surface area contributed by atoms with Gasteiger partial charge in [-0.05, 0) is 38.3 Å². The van der Waals surface area contributed by atoms with Crippen LogP contribution in [0.2, 0.25) is 0 Å². The summed E-state index contributed by atoms with van der Waals surface area (Å²) in [7, 11) is 0. The molecule has 3 N–H and O–H groups in total. The van der Waals surface area contributed by atoms with Crippen LogP contribution in [0.15, 0.2) is 0 Å². The molecule has 5 nitrogen and oxygen atoms in total. The van der Waals surface area contributed by atoms with Crippen molar-refractivity contribution in [1.29, 1.82) is 0 Å². The van der Waals surface area contributed by atoms with Gasteiger partial charge in [-0.3, -0.25) is 9.59 Å². The molecule has 1 rings (SSSR count). The molecular formula is C14H26N2O3. The van der Waals surface area contributed by atoms with E-state index in [0.29, 0.717) is 18.9 Å². The summed E-state index contributed by atoms with van der Waals surface area (Å²) in [4.78, 5) is 22.9. The Labute approximate surface area is 115 Å². The second-order valence-electron chi connectivity index (χ2n) is 6.05. The Morgan fingerprint density at radius 1 is 1.47 bits per heavy atom. The molecule has 2 unspecified atom stereocenters. The van der Waals surface area contributed by atoms with Crippen molar-refractivity contribution < 1.29 is 14.7 Å². The summed E-state index contributed by atoms with van der Waals surface area (Å²) in [6.07, 6.45) is 2.65. The Kier molecular flexibility index (Phi) is 5.79. The molecule has 1 heterocycles. The number of hydrogen-bond donors (Lipinski definition) is 3. The van der Waals surface area contributed by atoms with Gasteiger partial charge in [0, 0.05) is 12.0 Å². The van der Waals surface area contributed by atoms with Crippen molar-refractivity contribution in [1.82, 2.24) is 10.6 Å². The quantitative estimate of drug-likeness (QED) is 0.678. The van der Waals surface area contributed by atoms with Gasteiger partial charge in [0.2, 0.25) is 5.91 Å². The summed E-state index contributed by atoms with van der Waals surface area (Å²) >= 11 is 0. The Morgan fingerprint density at radius 3 is 2.68 bits per heavy atom. The zero-order valence-electron chi connectivity index (χ0n) is 12.2. The van der Waals surface area contributed by atoms with E-state index in [2.05, 4.69) is 10.6 Å². The number of nitrogens with one attached hydrogen (secondary N) is 2. The fourth-order valence-corrected chi connectivity index (χ4v) is 2.41. The molecule has 0 aliphatic carbocycles. The molecule has 5 heteroatoms. The van der Waals surface area contributed by atoms with Gasteiger partial charge in [0.05, 0.1) is 5.92 Å². The van der Waals surface area contributed by atoms with Gasteiger partial charge in [0.1, 0.15) is 0 Å². The van der Waals surface area contributed by atoms with Crippen LogP contribution in [0.4, 0.5) is 0 Å². The first-order valence-electron chi connectivity index (χ1n) is 7.07. The van der Waals surface area contributed by atoms with E-state index in [9.17, 15) is 9.59 Å². The second kappa shape index (κ2) is 6.89. The number of carbonyl (C=O) groups excluding carboxylic acids is 1. The highest BCUT2D eigenvalue weighted by Gasteiger charge is 2.36. The molecular weight excluding hydrogens is 244 g/mol. The van der Waals surface area contributed by atoms with Gasteiger partial charge >= 0.3 is 5.97 Å². The average molecular weight is 270 g/mol. The Morgan fingerprint density at radius 2 is 2.16 bits per heavy atom. The zero-order chi connectivity index (χ0) is 14.5. The predicted molar refractivity (Wildman–Crippen MR) is 73.8 cm³/mol. The highest BCUT2D eigenvalue weighted by atomic mass is 16.4. The van der Waals surface area contributed by atoms with Gasteiger partial charge in [-0.25, -0.2) is 0 Å². The summed E-state index contributed by atoms with van der Waals surface area (Å²) < 4.78 is 0. The first kappa shape index (κ1) is 16.0. The van der Waals surface area contributed by atoms with Crippen molar-refractivity contribution in [3.8, 4) is 0 Å². The van der Waals surface area contributed by atoms with Gasteiger partial charge < -0.3 is 15.7 Å². The zero-order valence-corrected chi connectivity index (χ0v) is 12.2. The molecule has 110 valence electrons. The van der Waals surface area contributed by atoms with Crippen LogP contribution in [0, 0.1) is 17.3 Å². The van der Waals surface area contributed by atoms with Crippen LogP contribution in [0.1, 0.15) is 40.0 Å². The number of carbonyl (C=O) groups is 2. The van der Waals surface area contributed by atoms with Crippen LogP contribution >= 0.6 is 0 Å². The summed E-state index contributed by atoms with van der Waals surface area (Å²) in [6.45, 7) is 7.94. The molecule has 0 aromatic rings. The van der Waals surface area contributed by atoms with E-state index in [1.165, 1.54) is 0 Å². The lowest BCUT2D eigenvalue weighted by Crippen LogP contribution is -2.47. The SMILES string of the molecule is CC(CCNC(=O)C(C)(C)C1CCCNC1)C(=O)O. The maximum atomic E-state index is 12.2. The van der Waals surface area contributed by atoms with Crippen molar-refractivity contribution in [2.45, 2.75) is 40.0 Å². The van der Waals surface area contributed by atoms with Gasteiger partial charge in [0.15, 0.2) is 0 Å². The maximum Gasteiger partial charge on any atom is 0.306 e. The summed E-state index contributed by atoms with van der Waals surface area (Å²) in [5.74, 6) is -0.860. The van der Waals surface area contributed by atoms with E-state index >= 15 is 0 Å². The first-order chi connectivity index (χ1) is 8.85. The predicted octanol–water partition coefficient (Wildman–Crippen LogP) is 1.24. The van der Waals surface area contributed by atoms with Crippen LogP contribution in [0.25, 0.3) is 0 Å². The Bertz CT molecular complexity index is 323. The minimum Gasteiger partial charge on any atom is -0.481 e. The highest BCUT2D eigenvalue weighted by molar-refractivity contribution is 5.82. The van der Waals surface area contributed by atoms with Crippen LogP contribution in [0.5, 0.6) is 0 Å². The first-order valence-corrected chi connectivity index (χ1v) is 7.07. The lowest BCUT2D eigenvalue weighted by atomic mass is 9.74. The van der Waals surface area contributed by atoms with E-state index in [1.807, 2.05) is 13.8 Å². The standard InChI is InChI=1S/C14H26N2O3/c1-10(12(17)18)6-8-16-13(19)14(2,3)11-5-4-7-15-9-11/h10-11,15H,4-9H2,1-3H3,(H,16,19)(H,17,18). The minimum absolute atomic E-state index is 0.0267. The van der Waals surface area contributed by atoms with E-state index in [0.717, 1.165) is 25.9 Å². The second-order valence-corrected chi connectivity index (χ2v) is 6.05.